The fraction of sp³-hybridized carbons (Fsp3) is 0.200. The van der Waals surface area contributed by atoms with Gasteiger partial charge in [-0.3, -0.25) is 0 Å². The van der Waals surface area contributed by atoms with Crippen LogP contribution < -0.4 is 9.04 Å². The largest absolute Gasteiger partial charge is 0.507 e. The van der Waals surface area contributed by atoms with Gasteiger partial charge in [0.2, 0.25) is 10.0 Å². The van der Waals surface area contributed by atoms with Crippen molar-refractivity contribution < 1.29 is 18.3 Å². The summed E-state index contributed by atoms with van der Waals surface area (Å²) in [6, 6.07) is 14.0. The average Bonchev–Trinajstić information content (AvgIpc) is 2.59. The number of hydrogen-bond acceptors (Lipinski definition) is 4. The number of aromatic hydroxyl groups is 1. The van der Waals surface area contributed by atoms with Crippen LogP contribution >= 0.6 is 0 Å². The van der Waals surface area contributed by atoms with E-state index in [1.807, 2.05) is 26.0 Å². The van der Waals surface area contributed by atoms with E-state index in [1.54, 1.807) is 37.4 Å². The molecule has 0 spiro atoms. The Bertz CT molecular complexity index is 1090. The minimum atomic E-state index is -3.62. The molecule has 5 nitrogen and oxygen atoms in total. The zero-order chi connectivity index (χ0) is 19.1. The van der Waals surface area contributed by atoms with E-state index in [1.165, 1.54) is 16.6 Å². The van der Waals surface area contributed by atoms with Crippen LogP contribution in [0.15, 0.2) is 48.5 Å². The number of benzene rings is 3. The van der Waals surface area contributed by atoms with Crippen molar-refractivity contribution >= 4 is 32.2 Å². The molecule has 3 aromatic carbocycles. The zero-order valence-electron chi connectivity index (χ0n) is 15.1. The highest BCUT2D eigenvalue weighted by atomic mass is 32.2. The van der Waals surface area contributed by atoms with Gasteiger partial charge in [-0.25, -0.2) is 12.7 Å². The van der Waals surface area contributed by atoms with Gasteiger partial charge in [0, 0.05) is 10.8 Å². The maximum atomic E-state index is 12.7. The van der Waals surface area contributed by atoms with E-state index in [0.717, 1.165) is 11.1 Å². The molecule has 0 aliphatic carbocycles. The monoisotopic (exact) mass is 371 g/mol. The molecule has 6 heteroatoms. The van der Waals surface area contributed by atoms with Gasteiger partial charge in [-0.05, 0) is 49.2 Å². The lowest BCUT2D eigenvalue weighted by Crippen LogP contribution is -2.25. The summed E-state index contributed by atoms with van der Waals surface area (Å²) in [5.41, 5.74) is 2.66. The number of phenolic OH excluding ortho intramolecular Hbond substituents is 1. The van der Waals surface area contributed by atoms with E-state index in [2.05, 4.69) is 0 Å². The summed E-state index contributed by atoms with van der Waals surface area (Å²) >= 11 is 0. The first kappa shape index (κ1) is 18.1. The Hall–Kier alpha value is -2.73. The Balaban J connectivity index is 2.35. The molecule has 0 saturated heterocycles. The quantitative estimate of drug-likeness (QED) is 0.744. The molecule has 0 fully saturated rings. The highest BCUT2D eigenvalue weighted by Crippen LogP contribution is 2.40. The summed E-state index contributed by atoms with van der Waals surface area (Å²) in [4.78, 5) is 0. The van der Waals surface area contributed by atoms with E-state index in [9.17, 15) is 13.5 Å². The zero-order valence-corrected chi connectivity index (χ0v) is 16.0. The highest BCUT2D eigenvalue weighted by molar-refractivity contribution is 7.92. The van der Waals surface area contributed by atoms with Gasteiger partial charge in [0.15, 0.2) is 0 Å². The number of methoxy groups -OCH3 is 1. The van der Waals surface area contributed by atoms with Gasteiger partial charge in [0.25, 0.3) is 0 Å². The lowest BCUT2D eigenvalue weighted by molar-refractivity contribution is 0.411. The summed E-state index contributed by atoms with van der Waals surface area (Å²) in [5.74, 6) is 0.815. The molecule has 0 amide bonds. The molecule has 1 N–H and O–H groups in total. The Morgan fingerprint density at radius 1 is 0.923 bits per heavy atom. The summed E-state index contributed by atoms with van der Waals surface area (Å²) < 4.78 is 32.1. The molecule has 136 valence electrons. The van der Waals surface area contributed by atoms with Crippen LogP contribution in [0.3, 0.4) is 0 Å². The van der Waals surface area contributed by atoms with Crippen LogP contribution in [0.4, 0.5) is 11.4 Å². The van der Waals surface area contributed by atoms with Gasteiger partial charge < -0.3 is 9.84 Å². The molecular formula is C20H21NO4S. The summed E-state index contributed by atoms with van der Waals surface area (Å²) in [7, 11) is -2.04. The molecule has 26 heavy (non-hydrogen) atoms. The van der Waals surface area contributed by atoms with E-state index in [0.29, 0.717) is 27.9 Å². The van der Waals surface area contributed by atoms with E-state index < -0.39 is 10.0 Å². The Morgan fingerprint density at radius 2 is 1.58 bits per heavy atom. The van der Waals surface area contributed by atoms with E-state index in [4.69, 9.17) is 4.74 Å². The van der Waals surface area contributed by atoms with Crippen molar-refractivity contribution in [2.45, 2.75) is 13.8 Å². The second kappa shape index (κ2) is 6.53. The molecule has 0 saturated carbocycles. The molecule has 3 aromatic rings. The first-order valence-corrected chi connectivity index (χ1v) is 9.95. The topological polar surface area (TPSA) is 66.8 Å². The second-order valence-corrected chi connectivity index (χ2v) is 8.12. The molecule has 0 aromatic heterocycles. The van der Waals surface area contributed by atoms with Crippen molar-refractivity contribution in [3.05, 3.63) is 59.7 Å². The van der Waals surface area contributed by atoms with Gasteiger partial charge in [-0.15, -0.1) is 0 Å². The minimum absolute atomic E-state index is 0.112. The van der Waals surface area contributed by atoms with Crippen molar-refractivity contribution in [2.24, 2.45) is 0 Å². The van der Waals surface area contributed by atoms with Gasteiger partial charge in [0.1, 0.15) is 11.5 Å². The summed E-state index contributed by atoms with van der Waals surface area (Å²) in [5, 5.41) is 11.4. The number of hydrogen-bond donors (Lipinski definition) is 1. The van der Waals surface area contributed by atoms with Crippen LogP contribution in [-0.4, -0.2) is 26.9 Å². The number of anilines is 2. The molecule has 0 bridgehead atoms. The third kappa shape index (κ3) is 3.08. The molecule has 0 aliphatic heterocycles. The first-order chi connectivity index (χ1) is 12.2. The third-order valence-electron chi connectivity index (χ3n) is 4.36. The normalized spacial score (nSPS) is 11.5. The number of nitrogens with zero attached hydrogens (tertiary/aromatic N) is 1. The van der Waals surface area contributed by atoms with Crippen molar-refractivity contribution in [1.82, 2.24) is 0 Å². The molecule has 0 heterocycles. The van der Waals surface area contributed by atoms with Crippen LogP contribution in [0.1, 0.15) is 11.1 Å². The average molecular weight is 371 g/mol. The van der Waals surface area contributed by atoms with Gasteiger partial charge >= 0.3 is 0 Å². The lowest BCUT2D eigenvalue weighted by Gasteiger charge is -2.26. The Labute approximate surface area is 153 Å². The van der Waals surface area contributed by atoms with Crippen molar-refractivity contribution in [1.29, 1.82) is 0 Å². The number of sulfonamides is 1. The second-order valence-electron chi connectivity index (χ2n) is 6.29. The Kier molecular flexibility index (Phi) is 4.54. The maximum Gasteiger partial charge on any atom is 0.236 e. The predicted octanol–water partition coefficient (Wildman–Crippen LogP) is 4.27. The fourth-order valence-corrected chi connectivity index (χ4v) is 4.22. The SMILES string of the molecule is COc1cc(C)c(N(c2ccc(O)c3ccccc23)S(C)(=O)=O)cc1C. The van der Waals surface area contributed by atoms with E-state index in [-0.39, 0.29) is 5.75 Å². The van der Waals surface area contributed by atoms with Gasteiger partial charge in [-0.2, -0.15) is 0 Å². The first-order valence-electron chi connectivity index (χ1n) is 8.10. The van der Waals surface area contributed by atoms with Crippen LogP contribution in [0.2, 0.25) is 0 Å². The summed E-state index contributed by atoms with van der Waals surface area (Å²) in [6.45, 7) is 3.72. The fourth-order valence-electron chi connectivity index (χ4n) is 3.14. The molecule has 0 atom stereocenters. The predicted molar refractivity (Wildman–Crippen MR) is 105 cm³/mol. The molecule has 3 rings (SSSR count). The third-order valence-corrected chi connectivity index (χ3v) is 5.42. The number of ether oxygens (including phenoxy) is 1. The molecule has 0 aliphatic rings. The molecule has 0 unspecified atom stereocenters. The number of phenols is 1. The molecule has 0 radical (unpaired) electrons. The van der Waals surface area contributed by atoms with Crippen LogP contribution in [0.25, 0.3) is 10.8 Å². The van der Waals surface area contributed by atoms with Crippen LogP contribution in [0.5, 0.6) is 11.5 Å². The van der Waals surface area contributed by atoms with Crippen LogP contribution in [0, 0.1) is 13.8 Å². The Morgan fingerprint density at radius 3 is 2.19 bits per heavy atom. The van der Waals surface area contributed by atoms with Crippen molar-refractivity contribution in [3.63, 3.8) is 0 Å². The maximum absolute atomic E-state index is 12.7. The van der Waals surface area contributed by atoms with E-state index >= 15 is 0 Å². The standard InChI is InChI=1S/C20H21NO4S/c1-13-12-20(25-3)14(2)11-18(13)21(26(4,23)24)17-9-10-19(22)16-8-6-5-7-15(16)17/h5-12,22H,1-4H3. The van der Waals surface area contributed by atoms with Crippen molar-refractivity contribution in [2.75, 3.05) is 17.7 Å². The lowest BCUT2D eigenvalue weighted by atomic mass is 10.1. The smallest absolute Gasteiger partial charge is 0.236 e. The highest BCUT2D eigenvalue weighted by Gasteiger charge is 2.24. The van der Waals surface area contributed by atoms with Crippen molar-refractivity contribution in [3.8, 4) is 11.5 Å². The minimum Gasteiger partial charge on any atom is -0.507 e. The number of fused-ring (bicyclic) bond motifs is 1. The number of rotatable bonds is 4. The van der Waals surface area contributed by atoms with Gasteiger partial charge in [0.05, 0.1) is 24.7 Å². The number of aryl methyl sites for hydroxylation is 2. The van der Waals surface area contributed by atoms with Gasteiger partial charge in [-0.1, -0.05) is 24.3 Å². The molecular weight excluding hydrogens is 350 g/mol. The summed E-state index contributed by atoms with van der Waals surface area (Å²) in [6.07, 6.45) is 1.17. The van der Waals surface area contributed by atoms with Crippen LogP contribution in [-0.2, 0) is 10.0 Å².